The Balaban J connectivity index is 1.85. The molecule has 0 bridgehead atoms. The molecule has 4 heteroatoms. The van der Waals surface area contributed by atoms with Crippen molar-refractivity contribution in [3.63, 3.8) is 0 Å². The van der Waals surface area contributed by atoms with E-state index >= 15 is 0 Å². The van der Waals surface area contributed by atoms with Gasteiger partial charge in [-0.3, -0.25) is 9.59 Å². The Morgan fingerprint density at radius 2 is 1.61 bits per heavy atom. The summed E-state index contributed by atoms with van der Waals surface area (Å²) >= 11 is 0. The normalized spacial score (nSPS) is 12.4. The van der Waals surface area contributed by atoms with E-state index in [2.05, 4.69) is 36.5 Å². The Kier molecular flexibility index (Phi) is 8.82. The molecule has 33 heavy (non-hydrogen) atoms. The maximum absolute atomic E-state index is 13.4. The zero-order valence-electron chi connectivity index (χ0n) is 19.9. The molecule has 0 heterocycles. The first-order valence-electron chi connectivity index (χ1n) is 11.8. The number of hydrogen-bond acceptors (Lipinski definition) is 2. The number of allylic oxidation sites excluding steroid dienone is 1. The van der Waals surface area contributed by atoms with Crippen molar-refractivity contribution >= 4 is 33.8 Å². The molecule has 3 aromatic rings. The summed E-state index contributed by atoms with van der Waals surface area (Å²) in [5.74, 6) is -1.39. The number of benzene rings is 3. The molecule has 3 rings (SSSR count). The maximum atomic E-state index is 13.4. The van der Waals surface area contributed by atoms with Crippen molar-refractivity contribution in [1.29, 1.82) is 0 Å². The minimum atomic E-state index is -0.896. The van der Waals surface area contributed by atoms with E-state index in [9.17, 15) is 9.59 Å². The summed E-state index contributed by atoms with van der Waals surface area (Å²) in [4.78, 5) is 28.1. The van der Waals surface area contributed by atoms with Gasteiger partial charge in [0.25, 0.3) is 0 Å². The number of carbonyl (C=O) groups excluding carboxylic acids is 2. The number of unbranched alkanes of at least 4 members (excludes halogenated alkanes) is 3. The molecular weight excluding hydrogens is 408 g/mol. The van der Waals surface area contributed by atoms with Crippen LogP contribution in [0, 0.1) is 5.92 Å². The molecule has 4 nitrogen and oxygen atoms in total. The Labute approximate surface area is 197 Å². The molecule has 2 amide bonds. The van der Waals surface area contributed by atoms with Crippen LogP contribution in [0.4, 0.5) is 5.69 Å². The van der Waals surface area contributed by atoms with Crippen LogP contribution in [0.1, 0.15) is 45.1 Å². The largest absolute Gasteiger partial charge is 0.355 e. The fourth-order valence-corrected chi connectivity index (χ4v) is 3.90. The van der Waals surface area contributed by atoms with Crippen molar-refractivity contribution in [3.8, 4) is 0 Å². The lowest BCUT2D eigenvalue weighted by molar-refractivity contribution is -0.131. The van der Waals surface area contributed by atoms with Gasteiger partial charge in [0.05, 0.1) is 0 Å². The third-order valence-electron chi connectivity index (χ3n) is 5.97. The summed E-state index contributed by atoms with van der Waals surface area (Å²) in [5, 5.41) is 5.28. The highest BCUT2D eigenvalue weighted by Gasteiger charge is 2.28. The van der Waals surface area contributed by atoms with Crippen LogP contribution < -0.4 is 10.2 Å². The van der Waals surface area contributed by atoms with Gasteiger partial charge in [0.15, 0.2) is 0 Å². The van der Waals surface area contributed by atoms with E-state index in [4.69, 9.17) is 0 Å². The van der Waals surface area contributed by atoms with E-state index < -0.39 is 5.92 Å². The van der Waals surface area contributed by atoms with Gasteiger partial charge in [-0.2, -0.15) is 0 Å². The van der Waals surface area contributed by atoms with Crippen molar-refractivity contribution in [1.82, 2.24) is 5.32 Å². The lowest BCUT2D eigenvalue weighted by Gasteiger charge is -2.22. The first-order valence-corrected chi connectivity index (χ1v) is 11.8. The molecule has 0 fully saturated rings. The van der Waals surface area contributed by atoms with Gasteiger partial charge in [0.2, 0.25) is 11.8 Å². The average Bonchev–Trinajstić information content (AvgIpc) is 2.86. The predicted octanol–water partition coefficient (Wildman–Crippen LogP) is 6.22. The third-order valence-corrected chi connectivity index (χ3v) is 5.97. The summed E-state index contributed by atoms with van der Waals surface area (Å²) in [7, 11) is 1.72. The Hall–Kier alpha value is -3.40. The van der Waals surface area contributed by atoms with Crippen LogP contribution in [0.2, 0.25) is 0 Å². The SMILES string of the molecule is CCCCCCNC(=O)C(/C=C(\C)c1ccc2ccccc2c1)C(=O)N(C)c1ccccc1. The van der Waals surface area contributed by atoms with Gasteiger partial charge >= 0.3 is 0 Å². The summed E-state index contributed by atoms with van der Waals surface area (Å²) in [6.07, 6.45) is 6.08. The van der Waals surface area contributed by atoms with Gasteiger partial charge < -0.3 is 10.2 Å². The van der Waals surface area contributed by atoms with Crippen LogP contribution >= 0.6 is 0 Å². The highest BCUT2D eigenvalue weighted by atomic mass is 16.2. The summed E-state index contributed by atoms with van der Waals surface area (Å²) in [6, 6.07) is 23.8. The fourth-order valence-electron chi connectivity index (χ4n) is 3.90. The third kappa shape index (κ3) is 6.55. The standard InChI is InChI=1S/C29H34N2O2/c1-4-5-6-12-19-30-28(32)27(29(33)31(3)26-15-8-7-9-16-26)20-22(2)24-18-17-23-13-10-11-14-25(23)21-24/h7-11,13-18,20-21,27H,4-6,12,19H2,1-3H3,(H,30,32)/b22-20+. The first-order chi connectivity index (χ1) is 16.0. The second kappa shape index (κ2) is 12.0. The van der Waals surface area contributed by atoms with Gasteiger partial charge in [0.1, 0.15) is 5.92 Å². The number of amides is 2. The minimum Gasteiger partial charge on any atom is -0.355 e. The number of hydrogen-bond donors (Lipinski definition) is 1. The number of rotatable bonds is 10. The summed E-state index contributed by atoms with van der Waals surface area (Å²) in [5.41, 5.74) is 2.67. The molecule has 1 atom stereocenters. The molecule has 3 aromatic carbocycles. The van der Waals surface area contributed by atoms with Gasteiger partial charge in [-0.05, 0) is 53.5 Å². The quantitative estimate of drug-likeness (QED) is 0.299. The van der Waals surface area contributed by atoms with Crippen molar-refractivity contribution < 1.29 is 9.59 Å². The zero-order chi connectivity index (χ0) is 23.6. The van der Waals surface area contributed by atoms with E-state index in [1.165, 1.54) is 0 Å². The number of fused-ring (bicyclic) bond motifs is 1. The van der Waals surface area contributed by atoms with E-state index in [1.807, 2.05) is 55.5 Å². The lowest BCUT2D eigenvalue weighted by Crippen LogP contribution is -2.41. The van der Waals surface area contributed by atoms with Crippen LogP contribution in [0.3, 0.4) is 0 Å². The molecule has 0 aliphatic carbocycles. The molecule has 1 N–H and O–H groups in total. The molecule has 0 aliphatic rings. The Bertz CT molecular complexity index is 1100. The lowest BCUT2D eigenvalue weighted by atomic mass is 9.97. The highest BCUT2D eigenvalue weighted by Crippen LogP contribution is 2.24. The van der Waals surface area contributed by atoms with Crippen molar-refractivity contribution in [2.75, 3.05) is 18.5 Å². The van der Waals surface area contributed by atoms with Crippen LogP contribution in [0.15, 0.2) is 78.9 Å². The first kappa shape index (κ1) is 24.2. The topological polar surface area (TPSA) is 49.4 Å². The van der Waals surface area contributed by atoms with E-state index in [1.54, 1.807) is 18.0 Å². The zero-order valence-corrected chi connectivity index (χ0v) is 19.9. The molecular formula is C29H34N2O2. The molecule has 0 aromatic heterocycles. The molecule has 0 radical (unpaired) electrons. The van der Waals surface area contributed by atoms with Gasteiger partial charge in [-0.1, -0.05) is 86.9 Å². The molecule has 0 saturated heterocycles. The smallest absolute Gasteiger partial charge is 0.243 e. The van der Waals surface area contributed by atoms with Crippen LogP contribution in [-0.4, -0.2) is 25.4 Å². The van der Waals surface area contributed by atoms with Crippen LogP contribution in [-0.2, 0) is 9.59 Å². The maximum Gasteiger partial charge on any atom is 0.243 e. The molecule has 0 saturated carbocycles. The number of carbonyl (C=O) groups is 2. The molecule has 0 aliphatic heterocycles. The van der Waals surface area contributed by atoms with Gasteiger partial charge in [0, 0.05) is 19.3 Å². The van der Waals surface area contributed by atoms with Crippen LogP contribution in [0.25, 0.3) is 16.3 Å². The number of anilines is 1. The monoisotopic (exact) mass is 442 g/mol. The Morgan fingerprint density at radius 3 is 2.33 bits per heavy atom. The summed E-state index contributed by atoms with van der Waals surface area (Å²) in [6.45, 7) is 4.70. The predicted molar refractivity (Wildman–Crippen MR) is 138 cm³/mol. The van der Waals surface area contributed by atoms with Crippen LogP contribution in [0.5, 0.6) is 0 Å². The number of para-hydroxylation sites is 1. The summed E-state index contributed by atoms with van der Waals surface area (Å²) < 4.78 is 0. The molecule has 172 valence electrons. The van der Waals surface area contributed by atoms with Gasteiger partial charge in [-0.15, -0.1) is 0 Å². The second-order valence-corrected chi connectivity index (χ2v) is 8.47. The Morgan fingerprint density at radius 1 is 0.909 bits per heavy atom. The van der Waals surface area contributed by atoms with E-state index in [0.717, 1.165) is 53.3 Å². The second-order valence-electron chi connectivity index (χ2n) is 8.47. The van der Waals surface area contributed by atoms with Crippen molar-refractivity contribution in [2.24, 2.45) is 5.92 Å². The van der Waals surface area contributed by atoms with E-state index in [-0.39, 0.29) is 11.8 Å². The molecule has 1 unspecified atom stereocenters. The van der Waals surface area contributed by atoms with Gasteiger partial charge in [-0.25, -0.2) is 0 Å². The van der Waals surface area contributed by atoms with Crippen molar-refractivity contribution in [2.45, 2.75) is 39.5 Å². The van der Waals surface area contributed by atoms with E-state index in [0.29, 0.717) is 6.54 Å². The number of nitrogens with one attached hydrogen (secondary N) is 1. The molecule has 0 spiro atoms. The number of nitrogens with zero attached hydrogens (tertiary/aromatic N) is 1. The fraction of sp³-hybridized carbons (Fsp3) is 0.310. The highest BCUT2D eigenvalue weighted by molar-refractivity contribution is 6.09. The average molecular weight is 443 g/mol. The van der Waals surface area contributed by atoms with Crippen molar-refractivity contribution in [3.05, 3.63) is 84.4 Å². The minimum absolute atomic E-state index is 0.243.